The van der Waals surface area contributed by atoms with Crippen molar-refractivity contribution in [3.05, 3.63) is 58.9 Å². The largest absolute Gasteiger partial charge is 0.316 e. The third kappa shape index (κ3) is 6.43. The van der Waals surface area contributed by atoms with Gasteiger partial charge in [0.25, 0.3) is 0 Å². The van der Waals surface area contributed by atoms with Gasteiger partial charge in [-0.25, -0.2) is 0 Å². The van der Waals surface area contributed by atoms with Gasteiger partial charge in [0.05, 0.1) is 11.6 Å². The number of ketones is 2. The van der Waals surface area contributed by atoms with E-state index in [1.54, 1.807) is 18.5 Å². The first-order valence-electron chi connectivity index (χ1n) is 5.40. The minimum atomic E-state index is -0.162. The van der Waals surface area contributed by atoms with E-state index < -0.39 is 0 Å². The molecule has 3 nitrogen and oxygen atoms in total. The summed E-state index contributed by atoms with van der Waals surface area (Å²) in [5.41, 5.74) is 0. The molecule has 0 atom stereocenters. The zero-order valence-electron chi connectivity index (χ0n) is 10.6. The number of hydrogen-bond acceptors (Lipinski definition) is 4. The molecule has 0 aliphatic heterocycles. The Morgan fingerprint density at radius 2 is 1.63 bits per heavy atom. The third-order valence-electron chi connectivity index (χ3n) is 2.04. The van der Waals surface area contributed by atoms with Crippen LogP contribution in [0.15, 0.2) is 48.1 Å². The molecule has 0 N–H and O–H groups in total. The van der Waals surface area contributed by atoms with E-state index in [0.29, 0.717) is 5.92 Å². The zero-order chi connectivity index (χ0) is 13.4. The van der Waals surface area contributed by atoms with E-state index >= 15 is 0 Å². The van der Waals surface area contributed by atoms with E-state index in [2.05, 4.69) is 4.98 Å². The smallest absolute Gasteiger partial charge is 0.0845 e. The zero-order valence-corrected chi connectivity index (χ0v) is 13.8. The maximum Gasteiger partial charge on any atom is 0.0845 e. The fourth-order valence-corrected chi connectivity index (χ4v) is 2.19. The van der Waals surface area contributed by atoms with Crippen LogP contribution in [0.25, 0.3) is 0 Å². The van der Waals surface area contributed by atoms with Crippen LogP contribution in [-0.2, 0) is 29.7 Å². The molecule has 0 aliphatic rings. The number of thiophene rings is 1. The van der Waals surface area contributed by atoms with Crippen LogP contribution in [0.1, 0.15) is 18.7 Å². The number of carbonyl (C=O) groups excluding carboxylic acids is 2. The average molecular weight is 453 g/mol. The molecule has 2 aromatic rings. The van der Waals surface area contributed by atoms with E-state index in [1.165, 1.54) is 25.2 Å². The van der Waals surface area contributed by atoms with Crippen molar-refractivity contribution in [1.82, 2.24) is 4.98 Å². The number of hydrogen-bond donors (Lipinski definition) is 0. The number of nitrogens with zero attached hydrogens (tertiary/aromatic N) is 1. The van der Waals surface area contributed by atoms with Gasteiger partial charge < -0.3 is 9.59 Å². The molecule has 0 saturated heterocycles. The summed E-state index contributed by atoms with van der Waals surface area (Å²) in [5, 5.41) is 1.85. The van der Waals surface area contributed by atoms with Crippen molar-refractivity contribution in [3.63, 3.8) is 0 Å². The second kappa shape index (κ2) is 9.61. The van der Waals surface area contributed by atoms with E-state index in [1.807, 2.05) is 29.6 Å². The Kier molecular flexibility index (Phi) is 8.96. The van der Waals surface area contributed by atoms with Gasteiger partial charge in [-0.1, -0.05) is 12.0 Å². The Hall–Kier alpha value is -1.29. The summed E-state index contributed by atoms with van der Waals surface area (Å²) in [7, 11) is 0. The van der Waals surface area contributed by atoms with Crippen molar-refractivity contribution in [2.45, 2.75) is 13.8 Å². The molecule has 2 heterocycles. The molecule has 2 rings (SSSR count). The van der Waals surface area contributed by atoms with Crippen LogP contribution in [0.2, 0.25) is 0 Å². The van der Waals surface area contributed by atoms with Crippen LogP contribution in [0.3, 0.4) is 0 Å². The van der Waals surface area contributed by atoms with E-state index in [0.717, 1.165) is 4.88 Å². The molecule has 19 heavy (non-hydrogen) atoms. The van der Waals surface area contributed by atoms with Gasteiger partial charge in [0.1, 0.15) is 0 Å². The van der Waals surface area contributed by atoms with Gasteiger partial charge in [-0.15, -0.1) is 10.9 Å². The van der Waals surface area contributed by atoms with Gasteiger partial charge in [0.15, 0.2) is 0 Å². The average Bonchev–Trinajstić information content (AvgIpc) is 2.85. The molecule has 1 radical (unpaired) electrons. The van der Waals surface area contributed by atoms with Gasteiger partial charge in [0.2, 0.25) is 0 Å². The van der Waals surface area contributed by atoms with Crippen LogP contribution in [0.4, 0.5) is 0 Å². The molecule has 5 heteroatoms. The Morgan fingerprint density at radius 3 is 1.89 bits per heavy atom. The van der Waals surface area contributed by atoms with Crippen LogP contribution in [0.5, 0.6) is 0 Å². The summed E-state index contributed by atoms with van der Waals surface area (Å²) in [6, 6.07) is 9.32. The van der Waals surface area contributed by atoms with Gasteiger partial charge >= 0.3 is 0 Å². The van der Waals surface area contributed by atoms with Crippen molar-refractivity contribution < 1.29 is 29.7 Å². The van der Waals surface area contributed by atoms with Gasteiger partial charge in [-0.3, -0.25) is 4.98 Å². The topological polar surface area (TPSA) is 47.0 Å². The van der Waals surface area contributed by atoms with Gasteiger partial charge in [-0.2, -0.15) is 17.4 Å². The molecular formula is C14H14IrNO2S-. The molecular weight excluding hydrogens is 438 g/mol. The van der Waals surface area contributed by atoms with Crippen molar-refractivity contribution >= 4 is 22.9 Å². The molecule has 0 aromatic carbocycles. The third-order valence-corrected chi connectivity index (χ3v) is 2.93. The Labute approximate surface area is 130 Å². The van der Waals surface area contributed by atoms with E-state index in [9.17, 15) is 9.59 Å². The molecule has 0 bridgehead atoms. The molecule has 0 spiro atoms. The quantitative estimate of drug-likeness (QED) is 0.532. The first-order chi connectivity index (χ1) is 8.63. The second-order valence-electron chi connectivity index (χ2n) is 3.49. The van der Waals surface area contributed by atoms with Crippen molar-refractivity contribution in [2.24, 2.45) is 0 Å². The molecule has 0 saturated carbocycles. The summed E-state index contributed by atoms with van der Waals surface area (Å²) in [5.74, 6) is -0.0140. The standard InChI is InChI=1S/C9H9O2S.C5H5N.Ir/c1-6(10)9(7(2)11)8-4-3-5-12-8;1-2-4-6-5-3-1;/h3-5H,1-2H3;1-5H;/q-1;;. The summed E-state index contributed by atoms with van der Waals surface area (Å²) in [6.45, 7) is 2.83. The van der Waals surface area contributed by atoms with Crippen LogP contribution >= 0.6 is 11.3 Å². The van der Waals surface area contributed by atoms with E-state index in [-0.39, 0.29) is 31.7 Å². The molecule has 103 valence electrons. The minimum absolute atomic E-state index is 0. The number of aromatic nitrogens is 1. The second-order valence-corrected chi connectivity index (χ2v) is 4.44. The van der Waals surface area contributed by atoms with Crippen LogP contribution in [0, 0.1) is 5.92 Å². The Morgan fingerprint density at radius 1 is 1.05 bits per heavy atom. The van der Waals surface area contributed by atoms with Gasteiger partial charge in [0, 0.05) is 32.5 Å². The van der Waals surface area contributed by atoms with E-state index in [4.69, 9.17) is 0 Å². The fourth-order valence-electron chi connectivity index (χ4n) is 1.33. The van der Waals surface area contributed by atoms with Crippen molar-refractivity contribution in [1.29, 1.82) is 0 Å². The molecule has 0 amide bonds. The SMILES string of the molecule is CC(=O)[C-](C(C)=O)c1cccs1.[Ir].c1ccncc1. The van der Waals surface area contributed by atoms with Crippen molar-refractivity contribution in [3.8, 4) is 0 Å². The molecule has 0 aliphatic carbocycles. The number of Topliss-reactive ketones (excluding diaryl/α,β-unsaturated/α-hetero) is 2. The summed E-state index contributed by atoms with van der Waals surface area (Å²) < 4.78 is 0. The predicted molar refractivity (Wildman–Crippen MR) is 72.3 cm³/mol. The maximum atomic E-state index is 11.0. The summed E-state index contributed by atoms with van der Waals surface area (Å²) in [6.07, 6.45) is 3.50. The summed E-state index contributed by atoms with van der Waals surface area (Å²) >= 11 is 1.41. The predicted octanol–water partition coefficient (Wildman–Crippen LogP) is 2.93. The molecule has 0 unspecified atom stereocenters. The first kappa shape index (κ1) is 17.7. The number of pyridine rings is 1. The number of rotatable bonds is 3. The maximum absolute atomic E-state index is 11.0. The normalized spacial score (nSPS) is 8.53. The molecule has 2 aromatic heterocycles. The fraction of sp³-hybridized carbons (Fsp3) is 0.143. The first-order valence-corrected chi connectivity index (χ1v) is 6.28. The minimum Gasteiger partial charge on any atom is -0.316 e. The van der Waals surface area contributed by atoms with Crippen molar-refractivity contribution in [2.75, 3.05) is 0 Å². The van der Waals surface area contributed by atoms with Gasteiger partial charge in [-0.05, 0) is 31.4 Å². The number of carbonyl (C=O) groups is 2. The van der Waals surface area contributed by atoms with Crippen LogP contribution < -0.4 is 0 Å². The molecule has 0 fully saturated rings. The van der Waals surface area contributed by atoms with Crippen LogP contribution in [-0.4, -0.2) is 16.6 Å². The summed E-state index contributed by atoms with van der Waals surface area (Å²) in [4.78, 5) is 26.6. The Balaban J connectivity index is 0.000000392. The Bertz CT molecular complexity index is 445. The monoisotopic (exact) mass is 453 g/mol.